The van der Waals surface area contributed by atoms with Gasteiger partial charge in [0.25, 0.3) is 0 Å². The number of allylic oxidation sites excluding steroid dienone is 8. The number of alkyl halides is 3. The van der Waals surface area contributed by atoms with Gasteiger partial charge in [-0.2, -0.15) is 13.2 Å². The van der Waals surface area contributed by atoms with E-state index in [1.165, 1.54) is 37.3 Å². The van der Waals surface area contributed by atoms with E-state index >= 15 is 0 Å². The van der Waals surface area contributed by atoms with Gasteiger partial charge in [-0.15, -0.1) is 12.8 Å². The number of hydrogen-bond donors (Lipinski definition) is 1. The highest BCUT2D eigenvalue weighted by Gasteiger charge is 2.32. The highest BCUT2D eigenvalue weighted by atomic mass is 19.4. The number of aromatic hydroxyl groups is 1. The molecule has 1 aliphatic rings. The van der Waals surface area contributed by atoms with Gasteiger partial charge in [-0.3, -0.25) is 0 Å². The molecule has 36 heavy (non-hydrogen) atoms. The number of terminal acetylenes is 1. The molecule has 1 N–H and O–H groups in total. The molecule has 0 radical (unpaired) electrons. The number of rotatable bonds is 5. The monoisotopic (exact) mass is 513 g/mol. The van der Waals surface area contributed by atoms with Crippen LogP contribution in [0.25, 0.3) is 0 Å². The largest absolute Gasteiger partial charge is 0.508 e. The molecule has 1 aliphatic heterocycles. The summed E-state index contributed by atoms with van der Waals surface area (Å²) in [7, 11) is 1.98. The quantitative estimate of drug-likeness (QED) is 0.241. The second-order valence-electron chi connectivity index (χ2n) is 7.48. The van der Waals surface area contributed by atoms with Crippen LogP contribution in [-0.2, 0) is 0 Å². The summed E-state index contributed by atoms with van der Waals surface area (Å²) < 4.78 is 65.2. The normalized spacial score (nSPS) is 15.9. The Bertz CT molecular complexity index is 841. The van der Waals surface area contributed by atoms with E-state index in [1.807, 2.05) is 27.0 Å². The molecule has 2 rings (SSSR count). The Labute approximate surface area is 213 Å². The predicted molar refractivity (Wildman–Crippen MR) is 140 cm³/mol. The standard InChI is InChI=1S/C19H27F4N.C6H5FO.C2H6.C2H2/c1-4-9-16(19(21,22)23)14-15(18(20)5-2)11-12-17-10-7-6-8-13-24(17)3;7-5-1-3-6(8)4-2-5;2*1-2/h5,9,12,14H,4,6-8,10-11,13H2,1-3H3;1-4,8H;1-2H3;1-2H/b15-14-,16-9-,17-12-,18-5+;;;. The Hall–Kier alpha value is -3.01. The van der Waals surface area contributed by atoms with E-state index in [0.29, 0.717) is 0 Å². The van der Waals surface area contributed by atoms with Crippen LogP contribution in [0.5, 0.6) is 5.75 Å². The zero-order valence-electron chi connectivity index (χ0n) is 22.0. The molecule has 1 aromatic rings. The molecule has 0 atom stereocenters. The van der Waals surface area contributed by atoms with E-state index in [-0.39, 0.29) is 30.0 Å². The number of hydrogen-bond acceptors (Lipinski definition) is 2. The third-order valence-electron chi connectivity index (χ3n) is 4.94. The topological polar surface area (TPSA) is 23.5 Å². The molecular weight excluding hydrogens is 473 g/mol. The third-order valence-corrected chi connectivity index (χ3v) is 4.94. The molecule has 0 unspecified atom stereocenters. The van der Waals surface area contributed by atoms with Gasteiger partial charge in [0, 0.05) is 19.3 Å². The Morgan fingerprint density at radius 1 is 1.08 bits per heavy atom. The van der Waals surface area contributed by atoms with Crippen molar-refractivity contribution in [3.8, 4) is 18.6 Å². The van der Waals surface area contributed by atoms with Crippen molar-refractivity contribution in [3.05, 3.63) is 77.1 Å². The molecule has 0 spiro atoms. The molecule has 1 heterocycles. The smallest absolute Gasteiger partial charge is 0.416 e. The van der Waals surface area contributed by atoms with Crippen molar-refractivity contribution in [3.63, 3.8) is 0 Å². The van der Waals surface area contributed by atoms with Gasteiger partial charge in [-0.05, 0) is 74.9 Å². The first kappa shape index (κ1) is 35.2. The number of halogens is 5. The highest BCUT2D eigenvalue weighted by Crippen LogP contribution is 2.31. The fourth-order valence-electron chi connectivity index (χ4n) is 3.17. The lowest BCUT2D eigenvalue weighted by Crippen LogP contribution is -2.17. The van der Waals surface area contributed by atoms with Crippen molar-refractivity contribution >= 4 is 0 Å². The highest BCUT2D eigenvalue weighted by molar-refractivity contribution is 5.37. The van der Waals surface area contributed by atoms with E-state index in [2.05, 4.69) is 17.7 Å². The molecule has 7 heteroatoms. The number of benzene rings is 1. The molecule has 2 nitrogen and oxygen atoms in total. The minimum Gasteiger partial charge on any atom is -0.508 e. The summed E-state index contributed by atoms with van der Waals surface area (Å²) in [4.78, 5) is 2.12. The van der Waals surface area contributed by atoms with Crippen LogP contribution in [0.4, 0.5) is 22.0 Å². The van der Waals surface area contributed by atoms with Crippen molar-refractivity contribution in [2.45, 2.75) is 72.4 Å². The number of nitrogens with zero attached hydrogens (tertiary/aromatic N) is 1. The fourth-order valence-corrected chi connectivity index (χ4v) is 3.17. The van der Waals surface area contributed by atoms with Gasteiger partial charge in [-0.1, -0.05) is 45.4 Å². The van der Waals surface area contributed by atoms with Crippen LogP contribution in [0.3, 0.4) is 0 Å². The van der Waals surface area contributed by atoms with Gasteiger partial charge >= 0.3 is 6.18 Å². The van der Waals surface area contributed by atoms with E-state index in [9.17, 15) is 22.0 Å². The lowest BCUT2D eigenvalue weighted by molar-refractivity contribution is -0.0884. The van der Waals surface area contributed by atoms with Crippen LogP contribution < -0.4 is 0 Å². The lowest BCUT2D eigenvalue weighted by atomic mass is 10.0. The van der Waals surface area contributed by atoms with Crippen LogP contribution in [0, 0.1) is 18.7 Å². The molecular formula is C29H40F5NO. The zero-order valence-corrected chi connectivity index (χ0v) is 22.0. The minimum absolute atomic E-state index is 0.0691. The van der Waals surface area contributed by atoms with Crippen LogP contribution in [-0.4, -0.2) is 29.8 Å². The average molecular weight is 514 g/mol. The van der Waals surface area contributed by atoms with Gasteiger partial charge in [0.1, 0.15) is 17.4 Å². The zero-order chi connectivity index (χ0) is 28.1. The fraction of sp³-hybridized carbons (Fsp3) is 0.448. The maximum atomic E-state index is 14.1. The summed E-state index contributed by atoms with van der Waals surface area (Å²) in [5.41, 5.74) is 0.361. The van der Waals surface area contributed by atoms with Crippen molar-refractivity contribution < 1.29 is 27.1 Å². The van der Waals surface area contributed by atoms with E-state index < -0.39 is 17.6 Å². The summed E-state index contributed by atoms with van der Waals surface area (Å²) >= 11 is 0. The Morgan fingerprint density at radius 3 is 2.14 bits per heavy atom. The Kier molecular flexibility index (Phi) is 19.7. The van der Waals surface area contributed by atoms with Crippen molar-refractivity contribution in [1.82, 2.24) is 4.90 Å². The van der Waals surface area contributed by atoms with E-state index in [1.54, 1.807) is 6.92 Å². The first-order valence-corrected chi connectivity index (χ1v) is 12.1. The summed E-state index contributed by atoms with van der Waals surface area (Å²) in [6, 6.07) is 5.01. The SMILES string of the molecule is C#C.CC.C\C=C(F)/C(=C\C(=C\CC)C(F)(F)F)C/C=C1/CCCCCN1C.Oc1ccc(F)cc1. The third kappa shape index (κ3) is 15.1. The number of phenols is 1. The number of phenolic OH excluding ortho intramolecular Hbond substituents is 1. The summed E-state index contributed by atoms with van der Waals surface area (Å²) in [5.74, 6) is -0.844. The molecule has 1 aromatic carbocycles. The maximum absolute atomic E-state index is 14.1. The van der Waals surface area contributed by atoms with Crippen molar-refractivity contribution in [1.29, 1.82) is 0 Å². The van der Waals surface area contributed by atoms with Crippen LogP contribution in [0.15, 0.2) is 71.2 Å². The number of likely N-dealkylation sites (tertiary alicyclic amines) is 1. The molecule has 0 saturated carbocycles. The minimum atomic E-state index is -4.47. The van der Waals surface area contributed by atoms with Crippen LogP contribution in [0.1, 0.15) is 66.2 Å². The Morgan fingerprint density at radius 2 is 1.67 bits per heavy atom. The van der Waals surface area contributed by atoms with Crippen molar-refractivity contribution in [2.75, 3.05) is 13.6 Å². The molecule has 0 amide bonds. The van der Waals surface area contributed by atoms with Gasteiger partial charge in [0.15, 0.2) is 0 Å². The molecule has 1 saturated heterocycles. The van der Waals surface area contributed by atoms with Gasteiger partial charge in [0.2, 0.25) is 0 Å². The predicted octanol–water partition coefficient (Wildman–Crippen LogP) is 9.27. The summed E-state index contributed by atoms with van der Waals surface area (Å²) in [6.07, 6.45) is 13.2. The average Bonchev–Trinajstić information content (AvgIpc) is 3.08. The first-order valence-electron chi connectivity index (χ1n) is 12.1. The lowest BCUT2D eigenvalue weighted by Gasteiger charge is -2.20. The summed E-state index contributed by atoms with van der Waals surface area (Å²) in [5, 5.41) is 8.59. The maximum Gasteiger partial charge on any atom is 0.416 e. The molecule has 0 aromatic heterocycles. The van der Waals surface area contributed by atoms with Crippen molar-refractivity contribution in [2.24, 2.45) is 0 Å². The second kappa shape index (κ2) is 20.2. The molecule has 0 bridgehead atoms. The van der Waals surface area contributed by atoms with E-state index in [4.69, 9.17) is 5.11 Å². The van der Waals surface area contributed by atoms with E-state index in [0.717, 1.165) is 50.1 Å². The van der Waals surface area contributed by atoms with Gasteiger partial charge in [-0.25, -0.2) is 8.78 Å². The second-order valence-corrected chi connectivity index (χ2v) is 7.48. The first-order chi connectivity index (χ1) is 17.1. The molecule has 1 fully saturated rings. The van der Waals surface area contributed by atoms with Gasteiger partial charge in [0.05, 0.1) is 5.57 Å². The van der Waals surface area contributed by atoms with Crippen LogP contribution >= 0.6 is 0 Å². The Balaban J connectivity index is 0. The summed E-state index contributed by atoms with van der Waals surface area (Å²) in [6.45, 7) is 8.05. The molecule has 0 aliphatic carbocycles. The van der Waals surface area contributed by atoms with Gasteiger partial charge < -0.3 is 10.0 Å². The molecule has 202 valence electrons. The van der Waals surface area contributed by atoms with Crippen LogP contribution in [0.2, 0.25) is 0 Å².